The van der Waals surface area contributed by atoms with E-state index in [0.717, 1.165) is 18.4 Å². The Bertz CT molecular complexity index is 885. The highest BCUT2D eigenvalue weighted by atomic mass is 32.1. The zero-order valence-electron chi connectivity index (χ0n) is 17.7. The van der Waals surface area contributed by atoms with E-state index < -0.39 is 0 Å². The minimum Gasteiger partial charge on any atom is -0.303 e. The first-order chi connectivity index (χ1) is 14.8. The van der Waals surface area contributed by atoms with Gasteiger partial charge in [0.1, 0.15) is 0 Å². The molecule has 0 spiro atoms. The molecule has 3 aromatic rings. The Hall–Kier alpha value is -1.94. The van der Waals surface area contributed by atoms with Crippen LogP contribution in [0, 0.1) is 5.92 Å². The molecule has 30 heavy (non-hydrogen) atoms. The van der Waals surface area contributed by atoms with Crippen LogP contribution in [0.15, 0.2) is 77.5 Å². The maximum atomic E-state index is 2.75. The largest absolute Gasteiger partial charge is 0.303 e. The first kappa shape index (κ1) is 20.0. The van der Waals surface area contributed by atoms with E-state index in [0.29, 0.717) is 5.92 Å². The van der Waals surface area contributed by atoms with Crippen molar-refractivity contribution < 1.29 is 0 Å². The van der Waals surface area contributed by atoms with Crippen LogP contribution in [0.2, 0.25) is 0 Å². The van der Waals surface area contributed by atoms with E-state index in [9.17, 15) is 0 Å². The van der Waals surface area contributed by atoms with Crippen LogP contribution in [0.25, 0.3) is 0 Å². The Morgan fingerprint density at radius 1 is 0.767 bits per heavy atom. The lowest BCUT2D eigenvalue weighted by Gasteiger charge is -2.34. The molecule has 0 amide bonds. The molecule has 2 aliphatic rings. The number of hydrogen-bond donors (Lipinski definition) is 0. The van der Waals surface area contributed by atoms with Gasteiger partial charge in [-0.15, -0.1) is 0 Å². The molecule has 0 radical (unpaired) electrons. The van der Waals surface area contributed by atoms with Gasteiger partial charge >= 0.3 is 0 Å². The molecule has 0 aliphatic carbocycles. The van der Waals surface area contributed by atoms with Crippen molar-refractivity contribution in [1.29, 1.82) is 0 Å². The van der Waals surface area contributed by atoms with Crippen LogP contribution in [-0.4, -0.2) is 42.5 Å². The lowest BCUT2D eigenvalue weighted by molar-refractivity contribution is 0.177. The number of piperidine rings is 1. The maximum Gasteiger partial charge on any atom is 0.0234 e. The van der Waals surface area contributed by atoms with E-state index in [4.69, 9.17) is 0 Å². The molecule has 0 saturated carbocycles. The summed E-state index contributed by atoms with van der Waals surface area (Å²) in [7, 11) is 0. The highest BCUT2D eigenvalue weighted by Gasteiger charge is 2.35. The molecule has 2 aliphatic heterocycles. The highest BCUT2D eigenvalue weighted by Crippen LogP contribution is 2.36. The van der Waals surface area contributed by atoms with Crippen LogP contribution in [0.1, 0.15) is 41.4 Å². The van der Waals surface area contributed by atoms with Crippen molar-refractivity contribution in [3.8, 4) is 0 Å². The summed E-state index contributed by atoms with van der Waals surface area (Å²) in [5.74, 6) is 2.15. The fraction of sp³-hybridized carbons (Fsp3) is 0.407. The van der Waals surface area contributed by atoms with Crippen molar-refractivity contribution in [3.63, 3.8) is 0 Å². The molecule has 2 unspecified atom stereocenters. The van der Waals surface area contributed by atoms with Crippen molar-refractivity contribution in [2.24, 2.45) is 5.92 Å². The third-order valence-corrected chi connectivity index (χ3v) is 7.79. The number of benzene rings is 2. The first-order valence-corrected chi connectivity index (χ1v) is 12.3. The molecular weight excluding hydrogens is 384 g/mol. The van der Waals surface area contributed by atoms with Crippen molar-refractivity contribution in [2.75, 3.05) is 32.7 Å². The molecule has 5 rings (SSSR count). The molecule has 156 valence electrons. The lowest BCUT2D eigenvalue weighted by Crippen LogP contribution is -2.38. The number of likely N-dealkylation sites (tertiary alicyclic amines) is 2. The number of rotatable bonds is 6. The molecule has 2 atom stereocenters. The van der Waals surface area contributed by atoms with Gasteiger partial charge in [0.2, 0.25) is 0 Å². The minimum atomic E-state index is 0.673. The SMILES string of the molecule is c1ccc(CN2CC(CN3CCC(c4ccccc4)CC3)C(c3ccsc3)C2)cc1. The second-order valence-corrected chi connectivity index (χ2v) is 9.87. The highest BCUT2D eigenvalue weighted by molar-refractivity contribution is 7.08. The summed E-state index contributed by atoms with van der Waals surface area (Å²) < 4.78 is 0. The second-order valence-electron chi connectivity index (χ2n) is 9.09. The monoisotopic (exact) mass is 416 g/mol. The molecule has 0 bridgehead atoms. The maximum absolute atomic E-state index is 2.75. The molecular formula is C27H32N2S. The van der Waals surface area contributed by atoms with Crippen molar-refractivity contribution in [3.05, 3.63) is 94.2 Å². The van der Waals surface area contributed by atoms with Gasteiger partial charge in [0.15, 0.2) is 0 Å². The molecule has 2 nitrogen and oxygen atoms in total. The van der Waals surface area contributed by atoms with Crippen LogP contribution < -0.4 is 0 Å². The van der Waals surface area contributed by atoms with Gasteiger partial charge in [0, 0.05) is 32.1 Å². The van der Waals surface area contributed by atoms with Gasteiger partial charge in [0.05, 0.1) is 0 Å². The Balaban J connectivity index is 1.22. The zero-order chi connectivity index (χ0) is 20.2. The average Bonchev–Trinajstić information content (AvgIpc) is 3.46. The van der Waals surface area contributed by atoms with Crippen molar-refractivity contribution >= 4 is 11.3 Å². The second kappa shape index (κ2) is 9.47. The van der Waals surface area contributed by atoms with Gasteiger partial charge in [-0.05, 0) is 71.3 Å². The molecule has 2 saturated heterocycles. The predicted molar refractivity (Wildman–Crippen MR) is 127 cm³/mol. The normalized spacial score (nSPS) is 23.7. The van der Waals surface area contributed by atoms with Gasteiger partial charge in [-0.2, -0.15) is 11.3 Å². The summed E-state index contributed by atoms with van der Waals surface area (Å²) in [5.41, 5.74) is 4.52. The van der Waals surface area contributed by atoms with E-state index in [1.165, 1.54) is 56.7 Å². The Morgan fingerprint density at radius 2 is 1.50 bits per heavy atom. The number of hydrogen-bond acceptors (Lipinski definition) is 3. The number of thiophene rings is 1. The molecule has 3 heterocycles. The van der Waals surface area contributed by atoms with E-state index in [1.54, 1.807) is 5.56 Å². The molecule has 2 aromatic carbocycles. The van der Waals surface area contributed by atoms with E-state index >= 15 is 0 Å². The van der Waals surface area contributed by atoms with Crippen LogP contribution >= 0.6 is 11.3 Å². The van der Waals surface area contributed by atoms with Crippen molar-refractivity contribution in [2.45, 2.75) is 31.2 Å². The van der Waals surface area contributed by atoms with Crippen LogP contribution in [0.3, 0.4) is 0 Å². The van der Waals surface area contributed by atoms with Gasteiger partial charge in [-0.25, -0.2) is 0 Å². The third kappa shape index (κ3) is 4.69. The standard InChI is InChI=1S/C27H32N2S/c1-3-7-22(8-4-1)17-29-19-26(27(20-29)25-13-16-30-21-25)18-28-14-11-24(12-15-28)23-9-5-2-6-10-23/h1-10,13,16,21,24,26-27H,11-12,14-15,17-20H2. The average molecular weight is 417 g/mol. The van der Waals surface area contributed by atoms with E-state index in [2.05, 4.69) is 87.3 Å². The smallest absolute Gasteiger partial charge is 0.0234 e. The van der Waals surface area contributed by atoms with E-state index in [-0.39, 0.29) is 0 Å². The minimum absolute atomic E-state index is 0.673. The first-order valence-electron chi connectivity index (χ1n) is 11.4. The molecule has 2 fully saturated rings. The quantitative estimate of drug-likeness (QED) is 0.498. The topological polar surface area (TPSA) is 6.48 Å². The van der Waals surface area contributed by atoms with Crippen molar-refractivity contribution in [1.82, 2.24) is 9.80 Å². The fourth-order valence-corrected chi connectivity index (χ4v) is 6.21. The van der Waals surface area contributed by atoms with Crippen LogP contribution in [0.4, 0.5) is 0 Å². The Kier molecular flexibility index (Phi) is 6.31. The molecule has 0 N–H and O–H groups in total. The van der Waals surface area contributed by atoms with Gasteiger partial charge < -0.3 is 4.90 Å². The van der Waals surface area contributed by atoms with Gasteiger partial charge in [-0.3, -0.25) is 4.90 Å². The molecule has 3 heteroatoms. The van der Waals surface area contributed by atoms with Gasteiger partial charge in [0.25, 0.3) is 0 Å². The summed E-state index contributed by atoms with van der Waals surface area (Å²) in [6, 6.07) is 24.5. The van der Waals surface area contributed by atoms with E-state index in [1.807, 2.05) is 11.3 Å². The predicted octanol–water partition coefficient (Wildman–Crippen LogP) is 5.84. The van der Waals surface area contributed by atoms with Crippen LogP contribution in [0.5, 0.6) is 0 Å². The molecule has 1 aromatic heterocycles. The summed E-state index contributed by atoms with van der Waals surface area (Å²) in [6.45, 7) is 7.21. The zero-order valence-corrected chi connectivity index (χ0v) is 18.5. The summed E-state index contributed by atoms with van der Waals surface area (Å²) in [6.07, 6.45) is 2.60. The Morgan fingerprint density at radius 3 is 2.20 bits per heavy atom. The van der Waals surface area contributed by atoms with Gasteiger partial charge in [-0.1, -0.05) is 60.7 Å². The lowest BCUT2D eigenvalue weighted by atomic mass is 9.87. The summed E-state index contributed by atoms with van der Waals surface area (Å²) in [5, 5.41) is 4.63. The summed E-state index contributed by atoms with van der Waals surface area (Å²) in [4.78, 5) is 5.43. The van der Waals surface area contributed by atoms with Crippen LogP contribution in [-0.2, 0) is 6.54 Å². The Labute approximate surface area is 185 Å². The fourth-order valence-electron chi connectivity index (χ4n) is 5.49. The number of nitrogens with zero attached hydrogens (tertiary/aromatic N) is 2. The summed E-state index contributed by atoms with van der Waals surface area (Å²) >= 11 is 1.85. The third-order valence-electron chi connectivity index (χ3n) is 7.09.